The molecule has 0 saturated carbocycles. The van der Waals surface area contributed by atoms with E-state index < -0.39 is 10.0 Å². The van der Waals surface area contributed by atoms with Gasteiger partial charge in [-0.1, -0.05) is 50.3 Å². The molecule has 6 nitrogen and oxygen atoms in total. The number of carbonyl (C=O) groups is 1. The number of amides is 1. The van der Waals surface area contributed by atoms with Crippen LogP contribution in [0.5, 0.6) is 0 Å². The molecule has 0 aliphatic carbocycles. The number of anilines is 1. The monoisotopic (exact) mass is 455 g/mol. The first kappa shape index (κ1) is 22.9. The van der Waals surface area contributed by atoms with E-state index in [1.165, 1.54) is 32.7 Å². The lowest BCUT2D eigenvalue weighted by Crippen LogP contribution is -2.32. The number of nitrogens with zero attached hydrogens (tertiary/aromatic N) is 3. The van der Waals surface area contributed by atoms with Gasteiger partial charge in [0.2, 0.25) is 10.0 Å². The molecule has 31 heavy (non-hydrogen) atoms. The molecule has 0 saturated heterocycles. The van der Waals surface area contributed by atoms with Crippen LogP contribution in [0.2, 0.25) is 0 Å². The topological polar surface area (TPSA) is 70.6 Å². The van der Waals surface area contributed by atoms with Gasteiger partial charge in [0, 0.05) is 36.1 Å². The summed E-state index contributed by atoms with van der Waals surface area (Å²) >= 11 is 1.38. The highest BCUT2D eigenvalue weighted by Gasteiger charge is 2.24. The van der Waals surface area contributed by atoms with Gasteiger partial charge >= 0.3 is 0 Å². The van der Waals surface area contributed by atoms with E-state index in [-0.39, 0.29) is 10.8 Å². The van der Waals surface area contributed by atoms with E-state index in [1.807, 2.05) is 35.7 Å². The minimum atomic E-state index is -3.57. The molecule has 0 bridgehead atoms. The van der Waals surface area contributed by atoms with Crippen molar-refractivity contribution in [1.82, 2.24) is 9.29 Å². The van der Waals surface area contributed by atoms with E-state index in [1.54, 1.807) is 32.1 Å². The quantitative estimate of drug-likeness (QED) is 0.440. The number of thiazole rings is 1. The van der Waals surface area contributed by atoms with Crippen LogP contribution in [-0.4, -0.2) is 43.2 Å². The second-order valence-electron chi connectivity index (χ2n) is 6.70. The number of benzene rings is 2. The zero-order chi connectivity index (χ0) is 22.4. The minimum absolute atomic E-state index is 0.170. The standard InChI is InChI=1S/C23H25N3O3S2/c1-4-16-26(23-24-21(17-30-23)18-10-8-7-9-11-18)22(27)19-12-14-20(15-13-19)31(28,29)25(5-2)6-3/h4,7-15,17H,1,5-6,16H2,2-3H3. The van der Waals surface area contributed by atoms with Crippen molar-refractivity contribution in [2.24, 2.45) is 0 Å². The molecule has 0 unspecified atom stereocenters. The molecule has 162 valence electrons. The van der Waals surface area contributed by atoms with Gasteiger partial charge in [0.15, 0.2) is 5.13 Å². The summed E-state index contributed by atoms with van der Waals surface area (Å²) in [5, 5.41) is 2.47. The summed E-state index contributed by atoms with van der Waals surface area (Å²) in [7, 11) is -3.57. The van der Waals surface area contributed by atoms with Gasteiger partial charge in [-0.3, -0.25) is 9.69 Å². The van der Waals surface area contributed by atoms with Gasteiger partial charge in [-0.2, -0.15) is 4.31 Å². The number of hydrogen-bond acceptors (Lipinski definition) is 5. The molecule has 0 radical (unpaired) electrons. The second kappa shape index (κ2) is 10.00. The Morgan fingerprint density at radius 2 is 1.71 bits per heavy atom. The lowest BCUT2D eigenvalue weighted by molar-refractivity contribution is 0.0989. The first-order valence-electron chi connectivity index (χ1n) is 9.96. The van der Waals surface area contributed by atoms with Gasteiger partial charge in [0.05, 0.1) is 10.6 Å². The maximum atomic E-state index is 13.2. The largest absolute Gasteiger partial charge is 0.280 e. The Labute approximate surface area is 187 Å². The molecule has 2 aromatic carbocycles. The first-order valence-corrected chi connectivity index (χ1v) is 12.3. The molecule has 0 spiro atoms. The number of hydrogen-bond donors (Lipinski definition) is 0. The third-order valence-electron chi connectivity index (χ3n) is 4.79. The number of rotatable bonds is 9. The zero-order valence-corrected chi connectivity index (χ0v) is 19.2. The van der Waals surface area contributed by atoms with Gasteiger partial charge in [0.25, 0.3) is 5.91 Å². The predicted octanol–water partition coefficient (Wildman–Crippen LogP) is 4.67. The lowest BCUT2D eigenvalue weighted by Gasteiger charge is -2.20. The summed E-state index contributed by atoms with van der Waals surface area (Å²) in [5.41, 5.74) is 2.15. The maximum Gasteiger partial charge on any atom is 0.260 e. The highest BCUT2D eigenvalue weighted by molar-refractivity contribution is 7.89. The third-order valence-corrected chi connectivity index (χ3v) is 7.72. The van der Waals surface area contributed by atoms with Crippen LogP contribution < -0.4 is 4.90 Å². The van der Waals surface area contributed by atoms with Crippen molar-refractivity contribution >= 4 is 32.4 Å². The van der Waals surface area contributed by atoms with Crippen molar-refractivity contribution in [3.05, 3.63) is 78.2 Å². The SMILES string of the molecule is C=CCN(C(=O)c1ccc(S(=O)(=O)N(CC)CC)cc1)c1nc(-c2ccccc2)cs1. The van der Waals surface area contributed by atoms with Gasteiger partial charge in [-0.15, -0.1) is 17.9 Å². The van der Waals surface area contributed by atoms with E-state index >= 15 is 0 Å². The summed E-state index contributed by atoms with van der Waals surface area (Å²) in [4.78, 5) is 19.5. The van der Waals surface area contributed by atoms with Gasteiger partial charge < -0.3 is 0 Å². The van der Waals surface area contributed by atoms with Crippen LogP contribution in [0.3, 0.4) is 0 Å². The van der Waals surface area contributed by atoms with E-state index in [4.69, 9.17) is 0 Å². The normalized spacial score (nSPS) is 11.5. The fraction of sp³-hybridized carbons (Fsp3) is 0.217. The van der Waals surface area contributed by atoms with Crippen LogP contribution in [0.25, 0.3) is 11.3 Å². The summed E-state index contributed by atoms with van der Waals surface area (Å²) in [5.74, 6) is -0.263. The van der Waals surface area contributed by atoms with E-state index in [0.29, 0.717) is 30.3 Å². The molecule has 0 aliphatic heterocycles. The van der Waals surface area contributed by atoms with Crippen LogP contribution in [0.4, 0.5) is 5.13 Å². The molecule has 1 aromatic heterocycles. The molecular formula is C23H25N3O3S2. The van der Waals surface area contributed by atoms with Gasteiger partial charge in [0.1, 0.15) is 0 Å². The molecule has 3 aromatic rings. The molecule has 0 aliphatic rings. The molecule has 0 atom stereocenters. The number of sulfonamides is 1. The summed E-state index contributed by atoms with van der Waals surface area (Å²) in [6.45, 7) is 8.41. The van der Waals surface area contributed by atoms with Crippen LogP contribution in [-0.2, 0) is 10.0 Å². The maximum absolute atomic E-state index is 13.2. The van der Waals surface area contributed by atoms with Crippen molar-refractivity contribution in [2.45, 2.75) is 18.7 Å². The van der Waals surface area contributed by atoms with E-state index in [9.17, 15) is 13.2 Å². The molecule has 8 heteroatoms. The molecule has 1 amide bonds. The van der Waals surface area contributed by atoms with Crippen LogP contribution in [0.15, 0.2) is 77.5 Å². The average Bonchev–Trinajstić information content (AvgIpc) is 3.28. The minimum Gasteiger partial charge on any atom is -0.280 e. The summed E-state index contributed by atoms with van der Waals surface area (Å²) in [6.07, 6.45) is 1.64. The molecular weight excluding hydrogens is 430 g/mol. The zero-order valence-electron chi connectivity index (χ0n) is 17.6. The van der Waals surface area contributed by atoms with Crippen LogP contribution in [0.1, 0.15) is 24.2 Å². The Bertz CT molecular complexity index is 1140. The number of aromatic nitrogens is 1. The Balaban J connectivity index is 1.87. The summed E-state index contributed by atoms with van der Waals surface area (Å²) in [6, 6.07) is 15.8. The lowest BCUT2D eigenvalue weighted by atomic mass is 10.2. The smallest absolute Gasteiger partial charge is 0.260 e. The van der Waals surface area contributed by atoms with Crippen molar-refractivity contribution in [3.63, 3.8) is 0 Å². The van der Waals surface area contributed by atoms with E-state index in [2.05, 4.69) is 11.6 Å². The highest BCUT2D eigenvalue weighted by atomic mass is 32.2. The van der Waals surface area contributed by atoms with Crippen molar-refractivity contribution < 1.29 is 13.2 Å². The Morgan fingerprint density at radius 3 is 2.29 bits per heavy atom. The molecule has 1 heterocycles. The molecule has 0 fully saturated rings. The van der Waals surface area contributed by atoms with Crippen molar-refractivity contribution in [3.8, 4) is 11.3 Å². The van der Waals surface area contributed by atoms with Crippen molar-refractivity contribution in [2.75, 3.05) is 24.5 Å². The Hall–Kier alpha value is -2.81. The Morgan fingerprint density at radius 1 is 1.06 bits per heavy atom. The predicted molar refractivity (Wildman–Crippen MR) is 126 cm³/mol. The fourth-order valence-electron chi connectivity index (χ4n) is 3.14. The van der Waals surface area contributed by atoms with E-state index in [0.717, 1.165) is 11.3 Å². The van der Waals surface area contributed by atoms with Crippen molar-refractivity contribution in [1.29, 1.82) is 0 Å². The average molecular weight is 456 g/mol. The van der Waals surface area contributed by atoms with Gasteiger partial charge in [-0.25, -0.2) is 13.4 Å². The summed E-state index contributed by atoms with van der Waals surface area (Å²) < 4.78 is 26.7. The third kappa shape index (κ3) is 4.92. The Kier molecular flexibility index (Phi) is 7.37. The molecule has 3 rings (SSSR count). The van der Waals surface area contributed by atoms with Crippen LogP contribution >= 0.6 is 11.3 Å². The van der Waals surface area contributed by atoms with Gasteiger partial charge in [-0.05, 0) is 24.3 Å². The first-order chi connectivity index (χ1) is 14.9. The molecule has 0 N–H and O–H groups in total. The highest BCUT2D eigenvalue weighted by Crippen LogP contribution is 2.28. The fourth-order valence-corrected chi connectivity index (χ4v) is 5.44. The number of carbonyl (C=O) groups excluding carboxylic acids is 1. The second-order valence-corrected chi connectivity index (χ2v) is 9.47. The van der Waals surface area contributed by atoms with Crippen LogP contribution in [0, 0.1) is 0 Å².